The standard InChI is InChI=1S/C37H51F3OP/c38-37(39,40)32-24-13-11-9-7-5-3-1-2-4-6-8-10-12-14-25-33-41-42(34-26-18-15-19-27-34,35-28-20-16-21-29-35)36-30-22-17-23-31-36/h15-23,26-31H,1-14,24-25,32-33H2/q+1. The molecule has 0 bridgehead atoms. The van der Waals surface area contributed by atoms with Gasteiger partial charge in [0.25, 0.3) is 0 Å². The fourth-order valence-corrected chi connectivity index (χ4v) is 9.21. The molecule has 0 saturated carbocycles. The van der Waals surface area contributed by atoms with Gasteiger partial charge in [-0.1, -0.05) is 144 Å². The Balaban J connectivity index is 1.27. The number of rotatable bonds is 22. The first-order valence-electron chi connectivity index (χ1n) is 16.3. The molecule has 0 saturated heterocycles. The first-order chi connectivity index (χ1) is 20.5. The highest BCUT2D eigenvalue weighted by atomic mass is 31.2. The molecule has 1 nitrogen and oxygen atoms in total. The molecule has 42 heavy (non-hydrogen) atoms. The molecule has 3 rings (SSSR count). The average molecular weight is 600 g/mol. The molecule has 0 N–H and O–H groups in total. The summed E-state index contributed by atoms with van der Waals surface area (Å²) in [7, 11) is -2.19. The van der Waals surface area contributed by atoms with Crippen LogP contribution in [0.15, 0.2) is 91.0 Å². The first kappa shape index (κ1) is 34.3. The second-order valence-electron chi connectivity index (χ2n) is 11.5. The van der Waals surface area contributed by atoms with Crippen molar-refractivity contribution in [2.45, 2.75) is 115 Å². The summed E-state index contributed by atoms with van der Waals surface area (Å²) < 4.78 is 43.4. The quantitative estimate of drug-likeness (QED) is 0.0825. The van der Waals surface area contributed by atoms with Crippen LogP contribution in [0.3, 0.4) is 0 Å². The Kier molecular flexibility index (Phi) is 16.3. The van der Waals surface area contributed by atoms with Crippen LogP contribution in [0.5, 0.6) is 0 Å². The Morgan fingerprint density at radius 3 is 1.00 bits per heavy atom. The molecule has 230 valence electrons. The Labute approximate surface area is 253 Å². The zero-order chi connectivity index (χ0) is 29.8. The van der Waals surface area contributed by atoms with Gasteiger partial charge in [-0.3, -0.25) is 0 Å². The minimum absolute atomic E-state index is 0.288. The molecular weight excluding hydrogens is 548 g/mol. The summed E-state index contributed by atoms with van der Waals surface area (Å²) in [4.78, 5) is 0. The molecule has 0 heterocycles. The van der Waals surface area contributed by atoms with Gasteiger partial charge in [-0.05, 0) is 49.2 Å². The van der Waals surface area contributed by atoms with E-state index in [1.165, 1.54) is 86.5 Å². The van der Waals surface area contributed by atoms with Crippen LogP contribution in [0.25, 0.3) is 0 Å². The molecule has 0 spiro atoms. The summed E-state index contributed by atoms with van der Waals surface area (Å²) in [5.41, 5.74) is 0. The van der Waals surface area contributed by atoms with Crippen molar-refractivity contribution >= 4 is 23.4 Å². The van der Waals surface area contributed by atoms with Gasteiger partial charge in [0.15, 0.2) is 0 Å². The summed E-state index contributed by atoms with van der Waals surface area (Å²) in [6, 6.07) is 32.3. The van der Waals surface area contributed by atoms with E-state index in [9.17, 15) is 13.2 Å². The van der Waals surface area contributed by atoms with Crippen molar-refractivity contribution in [2.75, 3.05) is 6.61 Å². The lowest BCUT2D eigenvalue weighted by molar-refractivity contribution is -0.135. The third kappa shape index (κ3) is 12.6. The second-order valence-corrected chi connectivity index (χ2v) is 14.5. The maximum Gasteiger partial charge on any atom is 0.389 e. The van der Waals surface area contributed by atoms with Crippen molar-refractivity contribution in [3.63, 3.8) is 0 Å². The molecule has 0 atom stereocenters. The van der Waals surface area contributed by atoms with Gasteiger partial charge >= 0.3 is 6.18 Å². The smallest absolute Gasteiger partial charge is 0.222 e. The highest BCUT2D eigenvalue weighted by molar-refractivity contribution is 7.91. The summed E-state index contributed by atoms with van der Waals surface area (Å²) in [5, 5.41) is 3.80. The third-order valence-corrected chi connectivity index (χ3v) is 11.6. The molecular formula is C37H51F3OP+. The Bertz CT molecular complexity index is 960. The minimum atomic E-state index is -3.99. The van der Waals surface area contributed by atoms with Crippen LogP contribution in [-0.4, -0.2) is 12.8 Å². The monoisotopic (exact) mass is 599 g/mol. The molecule has 0 unspecified atom stereocenters. The fraction of sp³-hybridized carbons (Fsp3) is 0.514. The molecule has 3 aromatic carbocycles. The van der Waals surface area contributed by atoms with Crippen LogP contribution in [0.1, 0.15) is 109 Å². The van der Waals surface area contributed by atoms with Crippen LogP contribution in [0.4, 0.5) is 13.2 Å². The topological polar surface area (TPSA) is 9.23 Å². The van der Waals surface area contributed by atoms with Crippen LogP contribution in [0, 0.1) is 0 Å². The molecule has 0 amide bonds. The van der Waals surface area contributed by atoms with Gasteiger partial charge in [0.05, 0.1) is 6.61 Å². The number of benzene rings is 3. The van der Waals surface area contributed by atoms with E-state index in [2.05, 4.69) is 91.0 Å². The summed E-state index contributed by atoms with van der Waals surface area (Å²) in [5.74, 6) is 0. The van der Waals surface area contributed by atoms with E-state index in [4.69, 9.17) is 4.52 Å². The molecule has 3 aromatic rings. The van der Waals surface area contributed by atoms with Crippen LogP contribution in [-0.2, 0) is 4.52 Å². The van der Waals surface area contributed by atoms with E-state index in [-0.39, 0.29) is 6.42 Å². The van der Waals surface area contributed by atoms with Crippen LogP contribution >= 0.6 is 7.49 Å². The first-order valence-corrected chi connectivity index (χ1v) is 18.0. The maximum absolute atomic E-state index is 12.1. The highest BCUT2D eigenvalue weighted by Crippen LogP contribution is 2.56. The predicted molar refractivity (Wildman–Crippen MR) is 176 cm³/mol. The fourth-order valence-electron chi connectivity index (χ4n) is 5.69. The number of unbranched alkanes of at least 4 members (excludes halogenated alkanes) is 15. The number of hydrogen-bond donors (Lipinski definition) is 0. The van der Waals surface area contributed by atoms with Gasteiger partial charge in [0.2, 0.25) is 7.49 Å². The van der Waals surface area contributed by atoms with Crippen molar-refractivity contribution in [2.24, 2.45) is 0 Å². The zero-order valence-electron chi connectivity index (χ0n) is 25.4. The maximum atomic E-state index is 12.1. The Hall–Kier alpha value is -2.16. The van der Waals surface area contributed by atoms with Crippen LogP contribution < -0.4 is 15.9 Å². The van der Waals surface area contributed by atoms with E-state index < -0.39 is 20.1 Å². The second kappa shape index (κ2) is 19.9. The lowest BCUT2D eigenvalue weighted by atomic mass is 10.0. The van der Waals surface area contributed by atoms with Gasteiger partial charge in [-0.15, -0.1) is 0 Å². The normalized spacial score (nSPS) is 12.1. The number of alkyl halides is 3. The number of hydrogen-bond acceptors (Lipinski definition) is 1. The average Bonchev–Trinajstić information content (AvgIpc) is 3.01. The molecule has 0 aliphatic carbocycles. The Morgan fingerprint density at radius 1 is 0.405 bits per heavy atom. The summed E-state index contributed by atoms with van der Waals surface area (Å²) in [6.45, 7) is 0.764. The van der Waals surface area contributed by atoms with Crippen molar-refractivity contribution in [3.8, 4) is 0 Å². The van der Waals surface area contributed by atoms with Crippen LogP contribution in [0.2, 0.25) is 0 Å². The largest absolute Gasteiger partial charge is 0.389 e. The van der Waals surface area contributed by atoms with Crippen molar-refractivity contribution in [1.29, 1.82) is 0 Å². The van der Waals surface area contributed by atoms with Gasteiger partial charge in [0, 0.05) is 6.42 Å². The van der Waals surface area contributed by atoms with Gasteiger partial charge in [-0.25, -0.2) is 4.52 Å². The zero-order valence-corrected chi connectivity index (χ0v) is 26.3. The summed E-state index contributed by atoms with van der Waals surface area (Å²) in [6.07, 6.45) is 13.5. The van der Waals surface area contributed by atoms with Gasteiger partial charge in [0.1, 0.15) is 15.9 Å². The van der Waals surface area contributed by atoms with E-state index in [0.29, 0.717) is 6.42 Å². The Morgan fingerprint density at radius 2 is 0.690 bits per heavy atom. The van der Waals surface area contributed by atoms with Crippen molar-refractivity contribution < 1.29 is 17.7 Å². The molecule has 5 heteroatoms. The van der Waals surface area contributed by atoms with Gasteiger partial charge in [-0.2, -0.15) is 13.2 Å². The molecule has 0 aromatic heterocycles. The number of halogens is 3. The molecule has 0 aliphatic rings. The SMILES string of the molecule is FC(F)(F)CCCCCCCCCCCCCCCCCCO[P+](c1ccccc1)(c1ccccc1)c1ccccc1. The third-order valence-electron chi connectivity index (χ3n) is 8.00. The minimum Gasteiger partial charge on any atom is -0.222 e. The molecule has 0 aliphatic heterocycles. The summed E-state index contributed by atoms with van der Waals surface area (Å²) >= 11 is 0. The molecule has 0 radical (unpaired) electrons. The highest BCUT2D eigenvalue weighted by Gasteiger charge is 2.47. The predicted octanol–water partition coefficient (Wildman–Crippen LogP) is 11.1. The van der Waals surface area contributed by atoms with E-state index in [1.54, 1.807) is 0 Å². The molecule has 0 fully saturated rings. The van der Waals surface area contributed by atoms with E-state index in [0.717, 1.165) is 25.9 Å². The van der Waals surface area contributed by atoms with E-state index >= 15 is 0 Å². The van der Waals surface area contributed by atoms with Gasteiger partial charge < -0.3 is 0 Å². The van der Waals surface area contributed by atoms with E-state index in [1.807, 2.05) is 0 Å². The van der Waals surface area contributed by atoms with Crippen molar-refractivity contribution in [3.05, 3.63) is 91.0 Å². The lowest BCUT2D eigenvalue weighted by Gasteiger charge is -2.25. The van der Waals surface area contributed by atoms with Crippen molar-refractivity contribution in [1.82, 2.24) is 0 Å². The lowest BCUT2D eigenvalue weighted by Crippen LogP contribution is -2.33.